The summed E-state index contributed by atoms with van der Waals surface area (Å²) < 4.78 is 0. The zero-order valence-corrected chi connectivity index (χ0v) is 20.1. The molecule has 159 valence electrons. The Morgan fingerprint density at radius 2 is 1.29 bits per heavy atom. The van der Waals surface area contributed by atoms with Crippen LogP contribution in [0.1, 0.15) is 82.6 Å². The maximum atomic E-state index is 2.42. The zero-order chi connectivity index (χ0) is 22.3. The van der Waals surface area contributed by atoms with Crippen molar-refractivity contribution in [2.24, 2.45) is 5.41 Å². The fraction of sp³-hybridized carbons (Fsp3) is 0.323. The Kier molecular flexibility index (Phi) is 5.69. The van der Waals surface area contributed by atoms with Crippen LogP contribution in [0.2, 0.25) is 0 Å². The summed E-state index contributed by atoms with van der Waals surface area (Å²) in [6.45, 7) is 16.1. The number of hydrogen-bond acceptors (Lipinski definition) is 0. The molecule has 4 rings (SSSR count). The third-order valence-corrected chi connectivity index (χ3v) is 6.44. The van der Waals surface area contributed by atoms with Gasteiger partial charge in [0.25, 0.3) is 0 Å². The first-order valence-electron chi connectivity index (χ1n) is 11.6. The predicted molar refractivity (Wildman–Crippen MR) is 136 cm³/mol. The van der Waals surface area contributed by atoms with Crippen molar-refractivity contribution in [1.82, 2.24) is 0 Å². The van der Waals surface area contributed by atoms with Gasteiger partial charge in [0.15, 0.2) is 0 Å². The molecule has 3 aromatic carbocycles. The van der Waals surface area contributed by atoms with Gasteiger partial charge in [-0.3, -0.25) is 0 Å². The molecule has 3 aromatic rings. The average molecular weight is 408 g/mol. The van der Waals surface area contributed by atoms with Gasteiger partial charge in [-0.2, -0.15) is 0 Å². The molecule has 0 aliphatic heterocycles. The monoisotopic (exact) mass is 407 g/mol. The van der Waals surface area contributed by atoms with E-state index in [-0.39, 0.29) is 5.41 Å². The van der Waals surface area contributed by atoms with Gasteiger partial charge >= 0.3 is 0 Å². The summed E-state index contributed by atoms with van der Waals surface area (Å²) in [4.78, 5) is 0. The number of fused-ring (bicyclic) bond motifs is 1. The molecule has 0 N–H and O–H groups in total. The van der Waals surface area contributed by atoms with E-state index in [1.165, 1.54) is 50.1 Å². The van der Waals surface area contributed by atoms with Crippen LogP contribution in [0.5, 0.6) is 0 Å². The fourth-order valence-corrected chi connectivity index (χ4v) is 4.37. The molecule has 0 amide bonds. The van der Waals surface area contributed by atoms with Crippen LogP contribution in [-0.2, 0) is 0 Å². The standard InChI is InChI=1S/C31H35/c1-20(2)24-15-25(21(3)4)17-26(16-24)30-28(22-11-9-8-10-12-22)14-13-23-18-27(19-29(23)30)31(5,6)7/h8-21H,1-7H3. The maximum absolute atomic E-state index is 2.42. The van der Waals surface area contributed by atoms with Crippen LogP contribution < -0.4 is 0 Å². The molecule has 0 heterocycles. The van der Waals surface area contributed by atoms with Crippen molar-refractivity contribution in [3.05, 3.63) is 94.9 Å². The number of benzene rings is 3. The van der Waals surface area contributed by atoms with Crippen molar-refractivity contribution >= 4 is 6.08 Å². The van der Waals surface area contributed by atoms with Crippen molar-refractivity contribution in [1.29, 1.82) is 0 Å². The minimum Gasteiger partial charge on any atom is -0.0622 e. The summed E-state index contributed by atoms with van der Waals surface area (Å²) in [5, 5.41) is 0. The normalized spacial score (nSPS) is 13.6. The molecular weight excluding hydrogens is 372 g/mol. The molecule has 0 fully saturated rings. The number of allylic oxidation sites excluding steroid dienone is 1. The Morgan fingerprint density at radius 1 is 0.677 bits per heavy atom. The molecule has 1 aliphatic rings. The van der Waals surface area contributed by atoms with Crippen LogP contribution in [0, 0.1) is 11.8 Å². The molecule has 0 aromatic heterocycles. The van der Waals surface area contributed by atoms with Crippen LogP contribution in [0.3, 0.4) is 0 Å². The van der Waals surface area contributed by atoms with E-state index >= 15 is 0 Å². The first-order valence-corrected chi connectivity index (χ1v) is 11.6. The van der Waals surface area contributed by atoms with E-state index in [2.05, 4.69) is 122 Å². The molecule has 0 heteroatoms. The van der Waals surface area contributed by atoms with Gasteiger partial charge in [-0.15, -0.1) is 0 Å². The van der Waals surface area contributed by atoms with Gasteiger partial charge in [-0.05, 0) is 61.8 Å². The van der Waals surface area contributed by atoms with Crippen LogP contribution in [0.25, 0.3) is 28.3 Å². The number of hydrogen-bond donors (Lipinski definition) is 0. The third kappa shape index (κ3) is 4.26. The summed E-state index contributed by atoms with van der Waals surface area (Å²) in [6, 6.07) is 22.7. The second-order valence-electron chi connectivity index (χ2n) is 10.5. The van der Waals surface area contributed by atoms with Crippen LogP contribution in [0.15, 0.2) is 66.2 Å². The lowest BCUT2D eigenvalue weighted by Crippen LogP contribution is -2.07. The van der Waals surface area contributed by atoms with E-state index < -0.39 is 0 Å². The molecule has 0 spiro atoms. The van der Waals surface area contributed by atoms with Gasteiger partial charge in [0, 0.05) is 6.42 Å². The highest BCUT2D eigenvalue weighted by Crippen LogP contribution is 2.46. The second kappa shape index (κ2) is 8.15. The Balaban J connectivity index is 2.03. The molecular formula is C31H35. The lowest BCUT2D eigenvalue weighted by Gasteiger charge is -2.19. The lowest BCUT2D eigenvalue weighted by molar-refractivity contribution is 0.516. The van der Waals surface area contributed by atoms with Crippen molar-refractivity contribution in [2.75, 3.05) is 0 Å². The summed E-state index contributed by atoms with van der Waals surface area (Å²) in [7, 11) is 0. The van der Waals surface area contributed by atoms with Gasteiger partial charge in [0.2, 0.25) is 0 Å². The van der Waals surface area contributed by atoms with Crippen LogP contribution in [0.4, 0.5) is 0 Å². The molecule has 0 saturated carbocycles. The van der Waals surface area contributed by atoms with Crippen molar-refractivity contribution in [3.8, 4) is 22.3 Å². The smallest absolute Gasteiger partial charge is 0.0170 e. The molecule has 0 saturated heterocycles. The Morgan fingerprint density at radius 3 is 1.84 bits per heavy atom. The zero-order valence-electron chi connectivity index (χ0n) is 20.1. The summed E-state index contributed by atoms with van der Waals surface area (Å²) in [5.41, 5.74) is 12.4. The minimum atomic E-state index is 0.131. The van der Waals surface area contributed by atoms with E-state index in [0.717, 1.165) is 0 Å². The SMILES string of the molecule is CC(C)c1cc(-c2c(-c3ccccc3)ccc3c2C=C(C(C)(C)C)[CH]3)cc(C(C)C)c1. The lowest BCUT2D eigenvalue weighted by atomic mass is 9.85. The van der Waals surface area contributed by atoms with Gasteiger partial charge in [0.1, 0.15) is 0 Å². The molecule has 0 nitrogen and oxygen atoms in total. The molecule has 0 unspecified atom stereocenters. The molecule has 1 radical (unpaired) electrons. The van der Waals surface area contributed by atoms with E-state index in [9.17, 15) is 0 Å². The quantitative estimate of drug-likeness (QED) is 0.404. The van der Waals surface area contributed by atoms with E-state index in [1.54, 1.807) is 0 Å². The van der Waals surface area contributed by atoms with E-state index in [0.29, 0.717) is 11.8 Å². The molecule has 1 aliphatic carbocycles. The molecule has 0 atom stereocenters. The third-order valence-electron chi connectivity index (χ3n) is 6.44. The topological polar surface area (TPSA) is 0 Å². The van der Waals surface area contributed by atoms with Crippen LogP contribution >= 0.6 is 0 Å². The summed E-state index contributed by atoms with van der Waals surface area (Å²) in [5.74, 6) is 1.00. The fourth-order valence-electron chi connectivity index (χ4n) is 4.37. The van der Waals surface area contributed by atoms with Crippen LogP contribution in [-0.4, -0.2) is 0 Å². The van der Waals surface area contributed by atoms with Crippen molar-refractivity contribution < 1.29 is 0 Å². The summed E-state index contributed by atoms with van der Waals surface area (Å²) in [6.07, 6.45) is 4.80. The second-order valence-corrected chi connectivity index (χ2v) is 10.5. The minimum absolute atomic E-state index is 0.131. The molecule has 0 bridgehead atoms. The Bertz CT molecular complexity index is 1090. The number of rotatable bonds is 4. The highest BCUT2D eigenvalue weighted by atomic mass is 14.3. The van der Waals surface area contributed by atoms with E-state index in [4.69, 9.17) is 0 Å². The van der Waals surface area contributed by atoms with E-state index in [1.807, 2.05) is 0 Å². The van der Waals surface area contributed by atoms with Gasteiger partial charge in [0.05, 0.1) is 0 Å². The predicted octanol–water partition coefficient (Wildman–Crippen LogP) is 9.26. The Hall–Kier alpha value is -2.60. The maximum Gasteiger partial charge on any atom is 0.0170 e. The first-order chi connectivity index (χ1) is 14.6. The highest BCUT2D eigenvalue weighted by molar-refractivity contribution is 5.94. The van der Waals surface area contributed by atoms with Gasteiger partial charge in [-0.1, -0.05) is 121 Å². The first kappa shape index (κ1) is 21.6. The average Bonchev–Trinajstić information content (AvgIpc) is 3.18. The van der Waals surface area contributed by atoms with Crippen molar-refractivity contribution in [2.45, 2.75) is 60.3 Å². The molecule has 31 heavy (non-hydrogen) atoms. The summed E-state index contributed by atoms with van der Waals surface area (Å²) >= 11 is 0. The highest BCUT2D eigenvalue weighted by Gasteiger charge is 2.27. The van der Waals surface area contributed by atoms with Gasteiger partial charge < -0.3 is 0 Å². The largest absolute Gasteiger partial charge is 0.0622 e. The van der Waals surface area contributed by atoms with Crippen molar-refractivity contribution in [3.63, 3.8) is 0 Å². The Labute approximate surface area is 189 Å². The van der Waals surface area contributed by atoms with Gasteiger partial charge in [-0.25, -0.2) is 0 Å².